The highest BCUT2D eigenvalue weighted by atomic mass is 16.5. The van der Waals surface area contributed by atoms with Crippen molar-refractivity contribution in [2.24, 2.45) is 40.4 Å². The molecule has 8 atom stereocenters. The summed E-state index contributed by atoms with van der Waals surface area (Å²) in [6, 6.07) is 0. The number of hydrogen-bond donors (Lipinski definition) is 0. The minimum atomic E-state index is -0.148. The highest BCUT2D eigenvalue weighted by Gasteiger charge is 2.64. The number of fused-ring (bicyclic) bond motifs is 5. The van der Waals surface area contributed by atoms with E-state index in [0.717, 1.165) is 38.5 Å². The van der Waals surface area contributed by atoms with Gasteiger partial charge in [-0.1, -0.05) is 6.92 Å². The van der Waals surface area contributed by atoms with Crippen molar-refractivity contribution in [2.75, 3.05) is 6.54 Å². The number of Topliss-reactive ketones (excluding diaryl/α,β-unsaturated/α-hetero) is 1. The molecule has 0 N–H and O–H groups in total. The van der Waals surface area contributed by atoms with Gasteiger partial charge in [-0.25, -0.2) is 6.57 Å². The summed E-state index contributed by atoms with van der Waals surface area (Å²) < 4.78 is 5.57. The molecule has 154 valence electrons. The molecular formula is C24H35NO3. The van der Waals surface area contributed by atoms with Gasteiger partial charge in [-0.2, -0.15) is 0 Å². The number of ketones is 1. The van der Waals surface area contributed by atoms with Crippen molar-refractivity contribution in [3.05, 3.63) is 11.4 Å². The maximum absolute atomic E-state index is 12.4. The maximum atomic E-state index is 12.4. The number of nitrogens with zero attached hydrogens (tertiary/aromatic N) is 1. The molecule has 0 amide bonds. The van der Waals surface area contributed by atoms with Gasteiger partial charge in [0.2, 0.25) is 6.54 Å². The van der Waals surface area contributed by atoms with E-state index in [0.29, 0.717) is 41.4 Å². The summed E-state index contributed by atoms with van der Waals surface area (Å²) in [5.74, 6) is 2.85. The summed E-state index contributed by atoms with van der Waals surface area (Å²) in [7, 11) is 0. The van der Waals surface area contributed by atoms with E-state index in [4.69, 9.17) is 11.3 Å². The first-order valence-corrected chi connectivity index (χ1v) is 11.3. The number of esters is 1. The molecule has 4 unspecified atom stereocenters. The van der Waals surface area contributed by atoms with Gasteiger partial charge in [0, 0.05) is 12.8 Å². The van der Waals surface area contributed by atoms with Gasteiger partial charge in [-0.15, -0.1) is 0 Å². The average Bonchev–Trinajstić information content (AvgIpc) is 3.01. The van der Waals surface area contributed by atoms with E-state index >= 15 is 0 Å². The van der Waals surface area contributed by atoms with Gasteiger partial charge in [-0.05, 0) is 93.8 Å². The lowest BCUT2D eigenvalue weighted by atomic mass is 9.44. The Bertz CT molecular complexity index is 696. The third-order valence-corrected chi connectivity index (χ3v) is 9.53. The summed E-state index contributed by atoms with van der Waals surface area (Å²) >= 11 is 0. The standard InChI is InChI=1S/C24H35NO3/c1-15(26)20-7-8-22-19-6-5-17-13-18(28-16(2)27)9-11-23(17,3)21(19)10-12-24(20,22)14-25-4/h17-22H,5-14H2,1-3H3/t17?,18-,19?,20+,21?,22?,23-,24-/m0/s1. The van der Waals surface area contributed by atoms with Crippen molar-refractivity contribution in [1.82, 2.24) is 0 Å². The van der Waals surface area contributed by atoms with Crippen molar-refractivity contribution < 1.29 is 14.3 Å². The normalized spacial score (nSPS) is 47.2. The lowest BCUT2D eigenvalue weighted by Gasteiger charge is -2.60. The fourth-order valence-corrected chi connectivity index (χ4v) is 8.43. The molecule has 4 heteroatoms. The van der Waals surface area contributed by atoms with Crippen molar-refractivity contribution in [1.29, 1.82) is 0 Å². The molecule has 0 aromatic carbocycles. The molecule has 0 aromatic heterocycles. The first-order valence-electron chi connectivity index (χ1n) is 11.3. The Balaban J connectivity index is 1.57. The first kappa shape index (κ1) is 19.9. The number of carbonyl (C=O) groups excluding carboxylic acids is 2. The Hall–Kier alpha value is -1.37. The molecular weight excluding hydrogens is 350 g/mol. The minimum Gasteiger partial charge on any atom is -0.463 e. The van der Waals surface area contributed by atoms with Gasteiger partial charge in [0.15, 0.2) is 0 Å². The Morgan fingerprint density at radius 1 is 1.04 bits per heavy atom. The van der Waals surface area contributed by atoms with Crippen LogP contribution in [0.4, 0.5) is 0 Å². The minimum absolute atomic E-state index is 0.0487. The molecule has 0 saturated heterocycles. The fraction of sp³-hybridized carbons (Fsp3) is 0.875. The summed E-state index contributed by atoms with van der Waals surface area (Å²) in [5, 5.41) is 0. The smallest absolute Gasteiger partial charge is 0.302 e. The summed E-state index contributed by atoms with van der Waals surface area (Å²) in [5.41, 5.74) is 0.283. The number of hydrogen-bond acceptors (Lipinski definition) is 3. The van der Waals surface area contributed by atoms with E-state index in [1.807, 2.05) is 0 Å². The predicted octanol–water partition coefficient (Wildman–Crippen LogP) is 5.07. The largest absolute Gasteiger partial charge is 0.463 e. The second-order valence-corrected chi connectivity index (χ2v) is 10.5. The zero-order chi connectivity index (χ0) is 20.1. The third-order valence-electron chi connectivity index (χ3n) is 9.53. The summed E-state index contributed by atoms with van der Waals surface area (Å²) in [6.07, 6.45) is 10.1. The Morgan fingerprint density at radius 2 is 1.82 bits per heavy atom. The van der Waals surface area contributed by atoms with E-state index < -0.39 is 0 Å². The predicted molar refractivity (Wildman–Crippen MR) is 107 cm³/mol. The molecule has 0 aromatic rings. The molecule has 4 saturated carbocycles. The molecule has 4 fully saturated rings. The Kier molecular flexibility index (Phi) is 5.09. The third kappa shape index (κ3) is 2.92. The molecule has 4 nitrogen and oxygen atoms in total. The SMILES string of the molecule is [C-]#[N+]C[C@]12CCC3C(CCC4C[C@@H](OC(C)=O)CC[C@@]43C)C1CC[C@@H]2C(C)=O. The first-order chi connectivity index (χ1) is 13.3. The lowest BCUT2D eigenvalue weighted by Crippen LogP contribution is -2.55. The topological polar surface area (TPSA) is 47.7 Å². The molecule has 0 bridgehead atoms. The molecule has 0 radical (unpaired) electrons. The van der Waals surface area contributed by atoms with Crippen molar-refractivity contribution in [3.8, 4) is 0 Å². The van der Waals surface area contributed by atoms with E-state index in [2.05, 4.69) is 11.8 Å². The van der Waals surface area contributed by atoms with Crippen LogP contribution in [0.2, 0.25) is 0 Å². The van der Waals surface area contributed by atoms with Crippen molar-refractivity contribution in [3.63, 3.8) is 0 Å². The number of ether oxygens (including phenoxy) is 1. The second-order valence-electron chi connectivity index (χ2n) is 10.5. The maximum Gasteiger partial charge on any atom is 0.302 e. The Morgan fingerprint density at radius 3 is 2.50 bits per heavy atom. The van der Waals surface area contributed by atoms with Crippen LogP contribution in [0.5, 0.6) is 0 Å². The van der Waals surface area contributed by atoms with Crippen LogP contribution in [0, 0.1) is 47.0 Å². The van der Waals surface area contributed by atoms with Crippen molar-refractivity contribution >= 4 is 11.8 Å². The molecule has 0 spiro atoms. The van der Waals surface area contributed by atoms with Crippen LogP contribution in [0.15, 0.2) is 0 Å². The van der Waals surface area contributed by atoms with Gasteiger partial charge >= 0.3 is 5.97 Å². The average molecular weight is 386 g/mol. The lowest BCUT2D eigenvalue weighted by molar-refractivity contribution is -0.161. The molecule has 28 heavy (non-hydrogen) atoms. The van der Waals surface area contributed by atoms with Gasteiger partial charge in [-0.3, -0.25) is 9.59 Å². The van der Waals surface area contributed by atoms with E-state index in [-0.39, 0.29) is 23.4 Å². The van der Waals surface area contributed by atoms with E-state index in [1.165, 1.54) is 26.2 Å². The van der Waals surface area contributed by atoms with Crippen LogP contribution in [0.3, 0.4) is 0 Å². The second kappa shape index (κ2) is 7.15. The van der Waals surface area contributed by atoms with E-state index in [9.17, 15) is 9.59 Å². The van der Waals surface area contributed by atoms with E-state index in [1.54, 1.807) is 6.92 Å². The molecule has 0 aliphatic heterocycles. The van der Waals surface area contributed by atoms with Crippen LogP contribution < -0.4 is 0 Å². The van der Waals surface area contributed by atoms with Crippen LogP contribution in [0.25, 0.3) is 4.85 Å². The summed E-state index contributed by atoms with van der Waals surface area (Å²) in [6.45, 7) is 13.9. The fourth-order valence-electron chi connectivity index (χ4n) is 8.43. The quantitative estimate of drug-likeness (QED) is 0.504. The monoisotopic (exact) mass is 385 g/mol. The van der Waals surface area contributed by atoms with Crippen LogP contribution >= 0.6 is 0 Å². The van der Waals surface area contributed by atoms with Gasteiger partial charge in [0.05, 0.1) is 5.41 Å². The molecule has 4 aliphatic rings. The van der Waals surface area contributed by atoms with Gasteiger partial charge in [0.1, 0.15) is 11.9 Å². The number of rotatable bonds is 3. The number of carbonyl (C=O) groups is 2. The zero-order valence-electron chi connectivity index (χ0n) is 17.7. The highest BCUT2D eigenvalue weighted by molar-refractivity contribution is 5.79. The van der Waals surface area contributed by atoms with Crippen LogP contribution in [0.1, 0.15) is 78.6 Å². The van der Waals surface area contributed by atoms with Gasteiger partial charge < -0.3 is 9.58 Å². The zero-order valence-corrected chi connectivity index (χ0v) is 17.7. The molecule has 0 heterocycles. The van der Waals surface area contributed by atoms with Crippen LogP contribution in [-0.4, -0.2) is 24.4 Å². The van der Waals surface area contributed by atoms with Gasteiger partial charge in [0.25, 0.3) is 0 Å². The van der Waals surface area contributed by atoms with Crippen LogP contribution in [-0.2, 0) is 14.3 Å². The Labute approximate surface area is 169 Å². The summed E-state index contributed by atoms with van der Waals surface area (Å²) in [4.78, 5) is 27.7. The molecule has 4 aliphatic carbocycles. The molecule has 4 rings (SSSR count). The van der Waals surface area contributed by atoms with Crippen molar-refractivity contribution in [2.45, 2.75) is 84.7 Å². The highest BCUT2D eigenvalue weighted by Crippen LogP contribution is 2.67.